The van der Waals surface area contributed by atoms with E-state index in [1.807, 2.05) is 26.8 Å². The molecule has 25 heavy (non-hydrogen) atoms. The second-order valence-corrected chi connectivity index (χ2v) is 7.24. The van der Waals surface area contributed by atoms with Crippen molar-refractivity contribution in [1.82, 2.24) is 20.4 Å². The molecule has 132 valence electrons. The van der Waals surface area contributed by atoms with Crippen molar-refractivity contribution in [3.8, 4) is 11.5 Å². The number of nitrogens with one attached hydrogen (secondary N) is 1. The molecule has 1 aromatic heterocycles. The van der Waals surface area contributed by atoms with Gasteiger partial charge < -0.3 is 14.7 Å². The summed E-state index contributed by atoms with van der Waals surface area (Å²) in [5.74, 6) is 0.619. The third-order valence-electron chi connectivity index (χ3n) is 4.20. The first kappa shape index (κ1) is 17.1. The first-order valence-corrected chi connectivity index (χ1v) is 8.27. The van der Waals surface area contributed by atoms with Crippen molar-refractivity contribution in [2.24, 2.45) is 0 Å². The highest BCUT2D eigenvalue weighted by molar-refractivity contribution is 6.00. The average molecular weight is 342 g/mol. The summed E-state index contributed by atoms with van der Waals surface area (Å²) in [4.78, 5) is 30.9. The van der Waals surface area contributed by atoms with Crippen molar-refractivity contribution >= 4 is 11.8 Å². The van der Waals surface area contributed by atoms with Crippen LogP contribution in [0.1, 0.15) is 43.4 Å². The van der Waals surface area contributed by atoms with E-state index in [1.54, 1.807) is 30.0 Å². The Morgan fingerprint density at radius 3 is 2.64 bits per heavy atom. The maximum absolute atomic E-state index is 12.7. The SMILES string of the molecule is Cc1noc(-c2ccccc2C(=O)NC2CC(=O)N(C(C)(C)C)C2)n1. The van der Waals surface area contributed by atoms with Gasteiger partial charge in [-0.3, -0.25) is 9.59 Å². The van der Waals surface area contributed by atoms with Crippen LogP contribution in [0.4, 0.5) is 0 Å². The monoisotopic (exact) mass is 342 g/mol. The molecule has 7 heteroatoms. The average Bonchev–Trinajstić information content (AvgIpc) is 3.12. The summed E-state index contributed by atoms with van der Waals surface area (Å²) in [5, 5.41) is 6.73. The molecule has 1 unspecified atom stereocenters. The topological polar surface area (TPSA) is 88.3 Å². The highest BCUT2D eigenvalue weighted by Crippen LogP contribution is 2.24. The summed E-state index contributed by atoms with van der Waals surface area (Å²) in [6.45, 7) is 8.20. The molecule has 0 radical (unpaired) electrons. The Hall–Kier alpha value is -2.70. The molecule has 2 aromatic rings. The molecule has 0 spiro atoms. The maximum Gasteiger partial charge on any atom is 0.258 e. The van der Waals surface area contributed by atoms with Gasteiger partial charge in [0, 0.05) is 18.5 Å². The minimum absolute atomic E-state index is 0.0543. The third-order valence-corrected chi connectivity index (χ3v) is 4.20. The molecule has 2 heterocycles. The number of nitrogens with zero attached hydrogens (tertiary/aromatic N) is 3. The van der Waals surface area contributed by atoms with E-state index in [4.69, 9.17) is 4.52 Å². The van der Waals surface area contributed by atoms with Crippen LogP contribution in [-0.4, -0.2) is 45.0 Å². The van der Waals surface area contributed by atoms with Gasteiger partial charge in [0.05, 0.1) is 17.2 Å². The van der Waals surface area contributed by atoms with Crippen molar-refractivity contribution in [3.63, 3.8) is 0 Å². The lowest BCUT2D eigenvalue weighted by atomic mass is 10.1. The molecule has 0 bridgehead atoms. The maximum atomic E-state index is 12.7. The minimum atomic E-state index is -0.254. The van der Waals surface area contributed by atoms with Crippen LogP contribution in [0.15, 0.2) is 28.8 Å². The Balaban J connectivity index is 1.78. The lowest BCUT2D eigenvalue weighted by Gasteiger charge is -2.32. The first-order valence-electron chi connectivity index (χ1n) is 8.27. The zero-order valence-corrected chi connectivity index (χ0v) is 14.9. The zero-order valence-electron chi connectivity index (χ0n) is 14.9. The second kappa shape index (κ2) is 6.31. The molecule has 1 atom stereocenters. The quantitative estimate of drug-likeness (QED) is 0.923. The summed E-state index contributed by atoms with van der Waals surface area (Å²) in [6, 6.07) is 6.86. The van der Waals surface area contributed by atoms with Crippen LogP contribution in [-0.2, 0) is 4.79 Å². The summed E-state index contributed by atoms with van der Waals surface area (Å²) >= 11 is 0. The normalized spacial score (nSPS) is 17.8. The molecular formula is C18H22N4O3. The van der Waals surface area contributed by atoms with Gasteiger partial charge in [-0.15, -0.1) is 0 Å². The number of carbonyl (C=O) groups is 2. The van der Waals surface area contributed by atoms with Crippen LogP contribution in [0.2, 0.25) is 0 Å². The standard InChI is InChI=1S/C18H22N4O3/c1-11-19-17(25-21-11)14-8-6-5-7-13(14)16(24)20-12-9-15(23)22(10-12)18(2,3)4/h5-8,12H,9-10H2,1-4H3,(H,20,24). The molecule has 7 nitrogen and oxygen atoms in total. The lowest BCUT2D eigenvalue weighted by molar-refractivity contribution is -0.131. The molecule has 3 rings (SSSR count). The van der Waals surface area contributed by atoms with E-state index >= 15 is 0 Å². The largest absolute Gasteiger partial charge is 0.347 e. The molecule has 1 N–H and O–H groups in total. The number of carbonyl (C=O) groups excluding carboxylic acids is 2. The number of benzene rings is 1. The van der Waals surface area contributed by atoms with Crippen molar-refractivity contribution in [2.45, 2.75) is 45.7 Å². The van der Waals surface area contributed by atoms with Gasteiger partial charge >= 0.3 is 0 Å². The summed E-state index contributed by atoms with van der Waals surface area (Å²) in [7, 11) is 0. The first-order chi connectivity index (χ1) is 11.8. The van der Waals surface area contributed by atoms with Crippen molar-refractivity contribution in [2.75, 3.05) is 6.54 Å². The van der Waals surface area contributed by atoms with Gasteiger partial charge in [0.25, 0.3) is 11.8 Å². The Morgan fingerprint density at radius 2 is 2.04 bits per heavy atom. The van der Waals surface area contributed by atoms with Crippen molar-refractivity contribution < 1.29 is 14.1 Å². The van der Waals surface area contributed by atoms with Gasteiger partial charge in [0.1, 0.15) is 0 Å². The third kappa shape index (κ3) is 3.55. The smallest absolute Gasteiger partial charge is 0.258 e. The lowest BCUT2D eigenvalue weighted by Crippen LogP contribution is -2.44. The van der Waals surface area contributed by atoms with Crippen LogP contribution < -0.4 is 5.32 Å². The van der Waals surface area contributed by atoms with Gasteiger partial charge in [0.2, 0.25) is 5.91 Å². The fourth-order valence-electron chi connectivity index (χ4n) is 2.99. The number of aryl methyl sites for hydroxylation is 1. The second-order valence-electron chi connectivity index (χ2n) is 7.24. The molecule has 0 aliphatic carbocycles. The Kier molecular flexibility index (Phi) is 4.32. The fourth-order valence-corrected chi connectivity index (χ4v) is 2.99. The fraction of sp³-hybridized carbons (Fsp3) is 0.444. The van der Waals surface area contributed by atoms with Gasteiger partial charge in [0.15, 0.2) is 5.82 Å². The molecule has 0 saturated carbocycles. The van der Waals surface area contributed by atoms with E-state index in [-0.39, 0.29) is 23.4 Å². The molecule has 1 aliphatic rings. The molecule has 1 saturated heterocycles. The number of amides is 2. The van der Waals surface area contributed by atoms with Gasteiger partial charge in [-0.25, -0.2) is 0 Å². The van der Waals surface area contributed by atoms with Gasteiger partial charge in [-0.05, 0) is 39.8 Å². The Bertz CT molecular complexity index is 807. The summed E-state index contributed by atoms with van der Waals surface area (Å²) < 4.78 is 5.19. The number of aromatic nitrogens is 2. The van der Waals surface area contributed by atoms with E-state index in [0.29, 0.717) is 35.8 Å². The van der Waals surface area contributed by atoms with E-state index in [1.165, 1.54) is 0 Å². The Morgan fingerprint density at radius 1 is 1.32 bits per heavy atom. The zero-order chi connectivity index (χ0) is 18.2. The van der Waals surface area contributed by atoms with Gasteiger partial charge in [-0.1, -0.05) is 17.3 Å². The molecule has 1 aromatic carbocycles. The van der Waals surface area contributed by atoms with E-state index < -0.39 is 0 Å². The number of hydrogen-bond acceptors (Lipinski definition) is 5. The van der Waals surface area contributed by atoms with Crippen molar-refractivity contribution in [1.29, 1.82) is 0 Å². The molecular weight excluding hydrogens is 320 g/mol. The molecule has 1 aliphatic heterocycles. The number of hydrogen-bond donors (Lipinski definition) is 1. The molecule has 1 fully saturated rings. The number of likely N-dealkylation sites (tertiary alicyclic amines) is 1. The Labute approximate surface area is 146 Å². The summed E-state index contributed by atoms with van der Waals surface area (Å²) in [5.41, 5.74) is 0.779. The predicted molar refractivity (Wildman–Crippen MR) is 91.8 cm³/mol. The van der Waals surface area contributed by atoms with Gasteiger partial charge in [-0.2, -0.15) is 4.98 Å². The van der Waals surface area contributed by atoms with E-state index in [0.717, 1.165) is 0 Å². The number of rotatable bonds is 3. The molecule has 2 amide bonds. The van der Waals surface area contributed by atoms with Crippen LogP contribution in [0.3, 0.4) is 0 Å². The van der Waals surface area contributed by atoms with E-state index in [9.17, 15) is 9.59 Å². The van der Waals surface area contributed by atoms with Crippen LogP contribution in [0.5, 0.6) is 0 Å². The minimum Gasteiger partial charge on any atom is -0.347 e. The van der Waals surface area contributed by atoms with Crippen LogP contribution >= 0.6 is 0 Å². The van der Waals surface area contributed by atoms with Crippen LogP contribution in [0, 0.1) is 6.92 Å². The highest BCUT2D eigenvalue weighted by atomic mass is 16.5. The highest BCUT2D eigenvalue weighted by Gasteiger charge is 2.37. The summed E-state index contributed by atoms with van der Waals surface area (Å²) in [6.07, 6.45) is 0.310. The predicted octanol–water partition coefficient (Wildman–Crippen LogP) is 2.17. The van der Waals surface area contributed by atoms with E-state index in [2.05, 4.69) is 15.5 Å². The van der Waals surface area contributed by atoms with Crippen molar-refractivity contribution in [3.05, 3.63) is 35.7 Å². The van der Waals surface area contributed by atoms with Crippen LogP contribution in [0.25, 0.3) is 11.5 Å².